The van der Waals surface area contributed by atoms with E-state index < -0.39 is 0 Å². The number of pyridine rings is 1. The second-order valence-corrected chi connectivity index (χ2v) is 7.28. The van der Waals surface area contributed by atoms with Crippen LogP contribution in [-0.4, -0.2) is 59.5 Å². The summed E-state index contributed by atoms with van der Waals surface area (Å²) >= 11 is 0. The van der Waals surface area contributed by atoms with E-state index in [1.165, 1.54) is 0 Å². The van der Waals surface area contributed by atoms with Gasteiger partial charge in [0.1, 0.15) is 17.1 Å². The van der Waals surface area contributed by atoms with E-state index in [0.29, 0.717) is 28.7 Å². The Bertz CT molecular complexity index is 1100. The quantitative estimate of drug-likeness (QED) is 0.461. The number of nitrogens with one attached hydrogen (secondary N) is 1. The van der Waals surface area contributed by atoms with Crippen molar-refractivity contribution in [1.82, 2.24) is 20.3 Å². The highest BCUT2D eigenvalue weighted by Gasteiger charge is 2.22. The fourth-order valence-electron chi connectivity index (χ4n) is 3.69. The van der Waals surface area contributed by atoms with Crippen LogP contribution >= 0.6 is 0 Å². The standard InChI is InChI=1S/C21H25N7O/c1-12-19(22)13(9-23-2)8-15(20(12)29)21-25-10-17-16(27-21)4-5-18(26-17)28-7-6-14(11-28)24-3/h4-5,8-10,14,24,29H,6-7,11,22H2,1-3H3. The monoisotopic (exact) mass is 391 g/mol. The van der Waals surface area contributed by atoms with Crippen LogP contribution in [0.4, 0.5) is 11.5 Å². The summed E-state index contributed by atoms with van der Waals surface area (Å²) in [6.07, 6.45) is 4.46. The van der Waals surface area contributed by atoms with Gasteiger partial charge in [0.15, 0.2) is 5.82 Å². The first-order valence-corrected chi connectivity index (χ1v) is 9.62. The van der Waals surface area contributed by atoms with Crippen molar-refractivity contribution in [3.8, 4) is 17.1 Å². The van der Waals surface area contributed by atoms with Crippen molar-refractivity contribution in [2.75, 3.05) is 37.8 Å². The Morgan fingerprint density at radius 1 is 1.31 bits per heavy atom. The molecule has 8 nitrogen and oxygen atoms in total. The van der Waals surface area contributed by atoms with E-state index in [9.17, 15) is 5.11 Å². The normalized spacial score (nSPS) is 16.9. The van der Waals surface area contributed by atoms with Gasteiger partial charge in [-0.25, -0.2) is 15.0 Å². The molecule has 0 radical (unpaired) electrons. The molecule has 4 N–H and O–H groups in total. The number of phenols is 1. The Morgan fingerprint density at radius 2 is 2.14 bits per heavy atom. The number of likely N-dealkylation sites (N-methyl/N-ethyl adjacent to an activating group) is 1. The van der Waals surface area contributed by atoms with Crippen molar-refractivity contribution >= 4 is 28.8 Å². The maximum atomic E-state index is 10.6. The number of nitrogen functional groups attached to an aromatic ring is 1. The molecule has 0 spiro atoms. The minimum Gasteiger partial charge on any atom is -0.507 e. The topological polar surface area (TPSA) is 113 Å². The van der Waals surface area contributed by atoms with Crippen LogP contribution in [0.25, 0.3) is 22.4 Å². The Morgan fingerprint density at radius 3 is 2.86 bits per heavy atom. The van der Waals surface area contributed by atoms with Gasteiger partial charge in [0.2, 0.25) is 0 Å². The molecule has 0 saturated carbocycles. The van der Waals surface area contributed by atoms with Crippen LogP contribution in [-0.2, 0) is 0 Å². The number of rotatable bonds is 4. The number of benzene rings is 1. The molecule has 1 unspecified atom stereocenters. The van der Waals surface area contributed by atoms with Gasteiger partial charge in [0.25, 0.3) is 0 Å². The number of aliphatic imine (C=N–C) groups is 1. The van der Waals surface area contributed by atoms with Crippen molar-refractivity contribution in [1.29, 1.82) is 0 Å². The van der Waals surface area contributed by atoms with Gasteiger partial charge in [-0.2, -0.15) is 0 Å². The molecular formula is C21H25N7O. The van der Waals surface area contributed by atoms with Gasteiger partial charge in [-0.1, -0.05) is 0 Å². The highest BCUT2D eigenvalue weighted by atomic mass is 16.3. The smallest absolute Gasteiger partial charge is 0.163 e. The second-order valence-electron chi connectivity index (χ2n) is 7.28. The van der Waals surface area contributed by atoms with Crippen LogP contribution in [0, 0.1) is 6.92 Å². The Hall–Kier alpha value is -3.26. The van der Waals surface area contributed by atoms with Gasteiger partial charge in [-0.3, -0.25) is 4.99 Å². The predicted molar refractivity (Wildman–Crippen MR) is 117 cm³/mol. The number of nitrogens with two attached hydrogens (primary N) is 1. The summed E-state index contributed by atoms with van der Waals surface area (Å²) < 4.78 is 0. The van der Waals surface area contributed by atoms with Crippen molar-refractivity contribution in [3.63, 3.8) is 0 Å². The summed E-state index contributed by atoms with van der Waals surface area (Å²) in [7, 11) is 3.67. The van der Waals surface area contributed by atoms with Gasteiger partial charge >= 0.3 is 0 Å². The van der Waals surface area contributed by atoms with E-state index in [0.717, 1.165) is 41.9 Å². The summed E-state index contributed by atoms with van der Waals surface area (Å²) in [6.45, 7) is 3.68. The molecule has 1 atom stereocenters. The van der Waals surface area contributed by atoms with Crippen molar-refractivity contribution in [2.24, 2.45) is 4.99 Å². The van der Waals surface area contributed by atoms with Crippen LogP contribution in [0.5, 0.6) is 5.75 Å². The molecule has 0 aliphatic carbocycles. The Kier molecular flexibility index (Phi) is 5.02. The summed E-state index contributed by atoms with van der Waals surface area (Å²) in [5, 5.41) is 13.9. The summed E-state index contributed by atoms with van der Waals surface area (Å²) in [5.41, 5.74) is 9.87. The molecule has 2 aromatic heterocycles. The third-order valence-corrected chi connectivity index (χ3v) is 5.48. The highest BCUT2D eigenvalue weighted by Crippen LogP contribution is 2.35. The molecule has 1 saturated heterocycles. The lowest BCUT2D eigenvalue weighted by Gasteiger charge is -2.17. The van der Waals surface area contributed by atoms with Gasteiger partial charge in [-0.05, 0) is 38.6 Å². The number of phenolic OH excluding ortho intramolecular Hbond substituents is 1. The van der Waals surface area contributed by atoms with E-state index in [2.05, 4.69) is 25.2 Å². The number of hydrogen-bond acceptors (Lipinski definition) is 8. The van der Waals surface area contributed by atoms with Crippen molar-refractivity contribution in [2.45, 2.75) is 19.4 Å². The summed E-state index contributed by atoms with van der Waals surface area (Å²) in [5.74, 6) is 1.43. The van der Waals surface area contributed by atoms with Crippen LogP contribution in [0.2, 0.25) is 0 Å². The lowest BCUT2D eigenvalue weighted by molar-refractivity contribution is 0.473. The molecule has 1 aliphatic heterocycles. The van der Waals surface area contributed by atoms with Crippen LogP contribution in [0.15, 0.2) is 29.4 Å². The maximum absolute atomic E-state index is 10.6. The average molecular weight is 391 g/mol. The van der Waals surface area contributed by atoms with Crippen LogP contribution < -0.4 is 16.0 Å². The van der Waals surface area contributed by atoms with Gasteiger partial charge in [-0.15, -0.1) is 0 Å². The van der Waals surface area contributed by atoms with Gasteiger partial charge in [0.05, 0.1) is 17.3 Å². The summed E-state index contributed by atoms with van der Waals surface area (Å²) in [6, 6.07) is 6.19. The zero-order chi connectivity index (χ0) is 20.5. The van der Waals surface area contributed by atoms with Crippen LogP contribution in [0.1, 0.15) is 17.5 Å². The fraction of sp³-hybridized carbons (Fsp3) is 0.333. The van der Waals surface area contributed by atoms with Crippen molar-refractivity contribution < 1.29 is 5.11 Å². The molecular weight excluding hydrogens is 366 g/mol. The first kappa shape index (κ1) is 19.1. The molecule has 3 heterocycles. The molecule has 0 bridgehead atoms. The largest absolute Gasteiger partial charge is 0.507 e. The van der Waals surface area contributed by atoms with Gasteiger partial charge < -0.3 is 21.1 Å². The Balaban J connectivity index is 1.73. The zero-order valence-corrected chi connectivity index (χ0v) is 16.8. The average Bonchev–Trinajstić information content (AvgIpc) is 3.23. The van der Waals surface area contributed by atoms with E-state index >= 15 is 0 Å². The number of hydrogen-bond donors (Lipinski definition) is 3. The lowest BCUT2D eigenvalue weighted by Crippen LogP contribution is -2.29. The maximum Gasteiger partial charge on any atom is 0.163 e. The minimum absolute atomic E-state index is 0.0786. The molecule has 3 aromatic rings. The molecule has 150 valence electrons. The zero-order valence-electron chi connectivity index (χ0n) is 16.8. The molecule has 1 aliphatic rings. The van der Waals surface area contributed by atoms with E-state index in [1.807, 2.05) is 19.2 Å². The molecule has 4 rings (SSSR count). The SMILES string of the molecule is CN=Cc1cc(-c2ncc3nc(N4CCC(NC)C4)ccc3n2)c(O)c(C)c1N. The van der Waals surface area contributed by atoms with E-state index in [-0.39, 0.29) is 5.75 Å². The van der Waals surface area contributed by atoms with Crippen LogP contribution in [0.3, 0.4) is 0 Å². The third-order valence-electron chi connectivity index (χ3n) is 5.48. The number of aromatic hydroxyl groups is 1. The lowest BCUT2D eigenvalue weighted by atomic mass is 10.0. The highest BCUT2D eigenvalue weighted by molar-refractivity contribution is 5.92. The predicted octanol–water partition coefficient (Wildman–Crippen LogP) is 2.13. The first-order valence-electron chi connectivity index (χ1n) is 9.62. The molecule has 1 fully saturated rings. The third kappa shape index (κ3) is 3.47. The molecule has 0 amide bonds. The second kappa shape index (κ2) is 7.63. The molecule has 1 aromatic carbocycles. The van der Waals surface area contributed by atoms with E-state index in [1.54, 1.807) is 32.4 Å². The number of fused-ring (bicyclic) bond motifs is 1. The fourth-order valence-corrected chi connectivity index (χ4v) is 3.69. The molecule has 29 heavy (non-hydrogen) atoms. The molecule has 8 heteroatoms. The van der Waals surface area contributed by atoms with Crippen molar-refractivity contribution in [3.05, 3.63) is 35.5 Å². The number of nitrogens with zero attached hydrogens (tertiary/aromatic N) is 5. The van der Waals surface area contributed by atoms with E-state index in [4.69, 9.17) is 10.7 Å². The Labute approximate surface area is 169 Å². The summed E-state index contributed by atoms with van der Waals surface area (Å²) in [4.78, 5) is 20.1. The van der Waals surface area contributed by atoms with Gasteiger partial charge in [0, 0.05) is 49.2 Å². The number of anilines is 2. The first-order chi connectivity index (χ1) is 14.0. The minimum atomic E-state index is 0.0786. The number of aromatic nitrogens is 3.